The maximum atomic E-state index is 13.9. The van der Waals surface area contributed by atoms with Gasteiger partial charge in [0.15, 0.2) is 5.78 Å². The van der Waals surface area contributed by atoms with Gasteiger partial charge in [0.05, 0.1) is 6.61 Å². The molecule has 186 valence electrons. The highest BCUT2D eigenvalue weighted by Gasteiger charge is 2.30. The summed E-state index contributed by atoms with van der Waals surface area (Å²) in [6.45, 7) is 4.48. The van der Waals surface area contributed by atoms with Crippen LogP contribution in [0.5, 0.6) is 0 Å². The molecule has 35 heavy (non-hydrogen) atoms. The first-order chi connectivity index (χ1) is 17.0. The van der Waals surface area contributed by atoms with Crippen LogP contribution in [0.25, 0.3) is 11.1 Å². The zero-order valence-corrected chi connectivity index (χ0v) is 21.6. The highest BCUT2D eigenvalue weighted by molar-refractivity contribution is 5.97. The summed E-state index contributed by atoms with van der Waals surface area (Å²) in [4.78, 5) is 13.9. The van der Waals surface area contributed by atoms with E-state index in [4.69, 9.17) is 0 Å². The summed E-state index contributed by atoms with van der Waals surface area (Å²) in [7, 11) is 0. The van der Waals surface area contributed by atoms with Crippen molar-refractivity contribution in [2.24, 2.45) is 17.8 Å². The number of benzene rings is 2. The summed E-state index contributed by atoms with van der Waals surface area (Å²) in [6.07, 6.45) is 17.7. The summed E-state index contributed by atoms with van der Waals surface area (Å²) >= 11 is 0. The van der Waals surface area contributed by atoms with Gasteiger partial charge in [-0.2, -0.15) is 0 Å². The highest BCUT2D eigenvalue weighted by atomic mass is 16.3. The molecule has 2 nitrogen and oxygen atoms in total. The minimum atomic E-state index is 0.0571. The number of allylic oxidation sites excluding steroid dienone is 4. The Morgan fingerprint density at radius 1 is 1.00 bits per heavy atom. The Morgan fingerprint density at radius 2 is 1.83 bits per heavy atom. The maximum absolute atomic E-state index is 13.9. The lowest BCUT2D eigenvalue weighted by atomic mass is 9.73. The molecule has 0 radical (unpaired) electrons. The van der Waals surface area contributed by atoms with Crippen molar-refractivity contribution in [3.63, 3.8) is 0 Å². The monoisotopic (exact) mass is 470 g/mol. The van der Waals surface area contributed by atoms with E-state index >= 15 is 0 Å². The maximum Gasteiger partial charge on any atom is 0.162 e. The molecule has 0 aliphatic heterocycles. The molecule has 0 amide bonds. The minimum absolute atomic E-state index is 0.0571. The molecule has 0 aromatic heterocycles. The van der Waals surface area contributed by atoms with Crippen LogP contribution in [0.3, 0.4) is 0 Å². The first kappa shape index (κ1) is 25.6. The lowest BCUT2D eigenvalue weighted by Crippen LogP contribution is -2.28. The van der Waals surface area contributed by atoms with Gasteiger partial charge < -0.3 is 5.11 Å². The van der Waals surface area contributed by atoms with E-state index in [9.17, 15) is 9.90 Å². The Balaban J connectivity index is 1.54. The van der Waals surface area contributed by atoms with Crippen molar-refractivity contribution in [3.05, 3.63) is 83.0 Å². The SMILES string of the molecule is Cc1ccc(CCC(C(=O)/C2=C/CC(C)C/C=C\C2)C2CCCCC2)cc1-c1cccc(CO)c1. The minimum Gasteiger partial charge on any atom is -0.392 e. The molecule has 2 aromatic rings. The Bertz CT molecular complexity index is 1050. The lowest BCUT2D eigenvalue weighted by Gasteiger charge is -2.30. The van der Waals surface area contributed by atoms with E-state index in [1.807, 2.05) is 12.1 Å². The molecule has 0 saturated heterocycles. The van der Waals surface area contributed by atoms with Gasteiger partial charge in [-0.1, -0.05) is 80.8 Å². The highest BCUT2D eigenvalue weighted by Crippen LogP contribution is 2.36. The molecule has 1 saturated carbocycles. The molecule has 0 spiro atoms. The number of aliphatic hydroxyl groups excluding tert-OH is 1. The van der Waals surface area contributed by atoms with Gasteiger partial charge in [0.25, 0.3) is 0 Å². The molecular weight excluding hydrogens is 428 g/mol. The molecule has 0 heterocycles. The van der Waals surface area contributed by atoms with Crippen molar-refractivity contribution >= 4 is 5.78 Å². The molecule has 2 aromatic carbocycles. The normalized spacial score (nSPS) is 22.5. The van der Waals surface area contributed by atoms with Gasteiger partial charge in [-0.05, 0) is 103 Å². The average Bonchev–Trinajstić information content (AvgIpc) is 2.88. The number of hydrogen-bond acceptors (Lipinski definition) is 2. The predicted octanol–water partition coefficient (Wildman–Crippen LogP) is 8.16. The number of carbonyl (C=O) groups is 1. The number of hydrogen-bond donors (Lipinski definition) is 1. The van der Waals surface area contributed by atoms with Gasteiger partial charge in [-0.25, -0.2) is 0 Å². The van der Waals surface area contributed by atoms with E-state index in [1.165, 1.54) is 48.8 Å². The number of aryl methyl sites for hydroxylation is 2. The van der Waals surface area contributed by atoms with E-state index in [1.54, 1.807) is 0 Å². The zero-order chi connectivity index (χ0) is 24.6. The Morgan fingerprint density at radius 3 is 2.63 bits per heavy atom. The second-order valence-corrected chi connectivity index (χ2v) is 10.9. The van der Waals surface area contributed by atoms with Crippen molar-refractivity contribution in [1.82, 2.24) is 0 Å². The van der Waals surface area contributed by atoms with Crippen molar-refractivity contribution in [2.45, 2.75) is 84.7 Å². The topological polar surface area (TPSA) is 37.3 Å². The Hall–Kier alpha value is -2.45. The predicted molar refractivity (Wildman–Crippen MR) is 146 cm³/mol. The number of aliphatic hydroxyl groups is 1. The van der Waals surface area contributed by atoms with Crippen LogP contribution in [0.2, 0.25) is 0 Å². The van der Waals surface area contributed by atoms with Crippen LogP contribution in [0.4, 0.5) is 0 Å². The molecule has 2 aliphatic rings. The second kappa shape index (κ2) is 12.5. The number of ketones is 1. The molecule has 2 unspecified atom stereocenters. The molecular formula is C33H42O2. The lowest BCUT2D eigenvalue weighted by molar-refractivity contribution is -0.121. The van der Waals surface area contributed by atoms with Crippen molar-refractivity contribution in [3.8, 4) is 11.1 Å². The van der Waals surface area contributed by atoms with E-state index in [0.29, 0.717) is 17.6 Å². The summed E-state index contributed by atoms with van der Waals surface area (Å²) in [5, 5.41) is 9.57. The Kier molecular flexibility index (Phi) is 9.15. The smallest absolute Gasteiger partial charge is 0.162 e. The largest absolute Gasteiger partial charge is 0.392 e. The van der Waals surface area contributed by atoms with Gasteiger partial charge >= 0.3 is 0 Å². The third-order valence-electron chi connectivity index (χ3n) is 8.15. The number of Topliss-reactive ketones (excluding diaryl/α,β-unsaturated/α-hetero) is 1. The average molecular weight is 471 g/mol. The molecule has 2 heteroatoms. The van der Waals surface area contributed by atoms with Gasteiger partial charge in [0.2, 0.25) is 0 Å². The number of rotatable bonds is 8. The molecule has 2 aliphatic carbocycles. The van der Waals surface area contributed by atoms with Crippen LogP contribution >= 0.6 is 0 Å². The van der Waals surface area contributed by atoms with Crippen LogP contribution in [0.15, 0.2) is 66.3 Å². The van der Waals surface area contributed by atoms with Crippen LogP contribution in [0.1, 0.15) is 81.4 Å². The fourth-order valence-electron chi connectivity index (χ4n) is 5.91. The first-order valence-corrected chi connectivity index (χ1v) is 13.7. The standard InChI is InChI=1S/C33H42O2/c1-24-9-6-7-13-29(19-15-24)33(35)31(28-11-4-3-5-12-28)20-18-26-17-16-25(2)32(22-26)30-14-8-10-27(21-30)23-34/h6-8,10,14,16-17,19,21-22,24,28,31,34H,3-5,9,11-13,15,18,20,23H2,1-2H3/b7-6-,29-19+. The van der Waals surface area contributed by atoms with Crippen LogP contribution in [-0.2, 0) is 17.8 Å². The fraction of sp³-hybridized carbons (Fsp3) is 0.485. The first-order valence-electron chi connectivity index (χ1n) is 13.7. The van der Waals surface area contributed by atoms with E-state index in [-0.39, 0.29) is 12.5 Å². The Labute approximate surface area is 212 Å². The van der Waals surface area contributed by atoms with Crippen LogP contribution in [0, 0.1) is 24.7 Å². The van der Waals surface area contributed by atoms with Crippen LogP contribution < -0.4 is 0 Å². The molecule has 2 atom stereocenters. The summed E-state index contributed by atoms with van der Waals surface area (Å²) in [5.41, 5.74) is 6.90. The summed E-state index contributed by atoms with van der Waals surface area (Å²) < 4.78 is 0. The van der Waals surface area contributed by atoms with Gasteiger partial charge in [0.1, 0.15) is 0 Å². The van der Waals surface area contributed by atoms with E-state index in [2.05, 4.69) is 62.4 Å². The van der Waals surface area contributed by atoms with Crippen molar-refractivity contribution in [1.29, 1.82) is 0 Å². The third-order valence-corrected chi connectivity index (χ3v) is 8.15. The van der Waals surface area contributed by atoms with Crippen molar-refractivity contribution in [2.75, 3.05) is 0 Å². The molecule has 1 N–H and O–H groups in total. The van der Waals surface area contributed by atoms with Gasteiger partial charge in [-0.15, -0.1) is 0 Å². The second-order valence-electron chi connectivity index (χ2n) is 10.9. The summed E-state index contributed by atoms with van der Waals surface area (Å²) in [6, 6.07) is 14.9. The third kappa shape index (κ3) is 6.82. The van der Waals surface area contributed by atoms with E-state index in [0.717, 1.165) is 48.8 Å². The van der Waals surface area contributed by atoms with Crippen LogP contribution in [-0.4, -0.2) is 10.9 Å². The zero-order valence-electron chi connectivity index (χ0n) is 21.6. The molecule has 4 rings (SSSR count). The quantitative estimate of drug-likeness (QED) is 0.395. The van der Waals surface area contributed by atoms with Crippen molar-refractivity contribution < 1.29 is 9.90 Å². The fourth-order valence-corrected chi connectivity index (χ4v) is 5.91. The summed E-state index contributed by atoms with van der Waals surface area (Å²) in [5.74, 6) is 1.68. The number of carbonyl (C=O) groups excluding carboxylic acids is 1. The molecule has 0 bridgehead atoms. The van der Waals surface area contributed by atoms with Gasteiger partial charge in [-0.3, -0.25) is 4.79 Å². The van der Waals surface area contributed by atoms with E-state index < -0.39 is 0 Å². The molecule has 1 fully saturated rings. The van der Waals surface area contributed by atoms with Gasteiger partial charge in [0, 0.05) is 5.92 Å².